The van der Waals surface area contributed by atoms with E-state index in [0.717, 1.165) is 19.3 Å². The van der Waals surface area contributed by atoms with E-state index in [0.29, 0.717) is 6.54 Å². The molecule has 0 amide bonds. The topological polar surface area (TPSA) is 56.0 Å². The van der Waals surface area contributed by atoms with Gasteiger partial charge in [-0.3, -0.25) is 5.32 Å². The van der Waals surface area contributed by atoms with Crippen molar-refractivity contribution in [3.05, 3.63) is 0 Å². The SMILES string of the molecule is CC(C#N)NCC1(O)CCC1. The summed E-state index contributed by atoms with van der Waals surface area (Å²) in [5.41, 5.74) is -0.509. The molecule has 1 saturated carbocycles. The van der Waals surface area contributed by atoms with E-state index >= 15 is 0 Å². The maximum absolute atomic E-state index is 9.58. The minimum atomic E-state index is -0.509. The average molecular weight is 154 g/mol. The lowest BCUT2D eigenvalue weighted by molar-refractivity contribution is -0.0319. The zero-order valence-electron chi connectivity index (χ0n) is 6.80. The number of hydrogen-bond donors (Lipinski definition) is 2. The summed E-state index contributed by atoms with van der Waals surface area (Å²) in [6.07, 6.45) is 2.86. The average Bonchev–Trinajstić information content (AvgIpc) is 1.96. The monoisotopic (exact) mass is 154 g/mol. The molecule has 0 saturated heterocycles. The maximum Gasteiger partial charge on any atom is 0.0925 e. The summed E-state index contributed by atoms with van der Waals surface area (Å²) in [4.78, 5) is 0. The summed E-state index contributed by atoms with van der Waals surface area (Å²) in [6, 6.07) is 1.91. The Hall–Kier alpha value is -0.590. The van der Waals surface area contributed by atoms with Crippen LogP contribution in [0.15, 0.2) is 0 Å². The lowest BCUT2D eigenvalue weighted by Gasteiger charge is -2.37. The van der Waals surface area contributed by atoms with Gasteiger partial charge in [-0.15, -0.1) is 0 Å². The summed E-state index contributed by atoms with van der Waals surface area (Å²) in [5.74, 6) is 0. The number of nitrogens with one attached hydrogen (secondary N) is 1. The molecular formula is C8H14N2O. The normalized spacial score (nSPS) is 23.4. The van der Waals surface area contributed by atoms with Crippen LogP contribution in [0.4, 0.5) is 0 Å². The van der Waals surface area contributed by atoms with Crippen molar-refractivity contribution in [2.45, 2.75) is 37.8 Å². The first-order chi connectivity index (χ1) is 5.16. The van der Waals surface area contributed by atoms with Crippen LogP contribution in [0.25, 0.3) is 0 Å². The van der Waals surface area contributed by atoms with Gasteiger partial charge in [-0.25, -0.2) is 0 Å². The number of hydrogen-bond acceptors (Lipinski definition) is 3. The van der Waals surface area contributed by atoms with Gasteiger partial charge in [-0.2, -0.15) is 5.26 Å². The summed E-state index contributed by atoms with van der Waals surface area (Å²) >= 11 is 0. The predicted molar refractivity (Wildman–Crippen MR) is 41.9 cm³/mol. The molecule has 0 spiro atoms. The van der Waals surface area contributed by atoms with Gasteiger partial charge in [0, 0.05) is 6.54 Å². The van der Waals surface area contributed by atoms with Gasteiger partial charge in [0.15, 0.2) is 0 Å². The van der Waals surface area contributed by atoms with Gasteiger partial charge in [0.25, 0.3) is 0 Å². The van der Waals surface area contributed by atoms with Crippen molar-refractivity contribution in [3.63, 3.8) is 0 Å². The molecule has 11 heavy (non-hydrogen) atoms. The molecule has 1 fully saturated rings. The fourth-order valence-electron chi connectivity index (χ4n) is 1.15. The van der Waals surface area contributed by atoms with Crippen LogP contribution in [-0.2, 0) is 0 Å². The second-order valence-corrected chi connectivity index (χ2v) is 3.31. The third-order valence-corrected chi connectivity index (χ3v) is 2.22. The Morgan fingerprint density at radius 2 is 2.36 bits per heavy atom. The van der Waals surface area contributed by atoms with Gasteiger partial charge >= 0.3 is 0 Å². The summed E-state index contributed by atoms with van der Waals surface area (Å²) in [6.45, 7) is 2.35. The van der Waals surface area contributed by atoms with E-state index in [4.69, 9.17) is 5.26 Å². The second-order valence-electron chi connectivity index (χ2n) is 3.31. The van der Waals surface area contributed by atoms with Gasteiger partial charge in [-0.1, -0.05) is 0 Å². The Morgan fingerprint density at radius 1 is 1.73 bits per heavy atom. The smallest absolute Gasteiger partial charge is 0.0925 e. The highest BCUT2D eigenvalue weighted by molar-refractivity contribution is 4.93. The third kappa shape index (κ3) is 2.18. The first-order valence-electron chi connectivity index (χ1n) is 4.02. The van der Waals surface area contributed by atoms with Gasteiger partial charge in [-0.05, 0) is 26.2 Å². The number of nitriles is 1. The van der Waals surface area contributed by atoms with Crippen LogP contribution in [-0.4, -0.2) is 23.3 Å². The standard InChI is InChI=1S/C8H14N2O/c1-7(5-9)10-6-8(11)3-2-4-8/h7,10-11H,2-4,6H2,1H3. The van der Waals surface area contributed by atoms with Crippen LogP contribution < -0.4 is 5.32 Å². The molecular weight excluding hydrogens is 140 g/mol. The van der Waals surface area contributed by atoms with Crippen LogP contribution in [0.2, 0.25) is 0 Å². The molecule has 1 aliphatic carbocycles. The molecule has 1 rings (SSSR count). The molecule has 1 unspecified atom stereocenters. The summed E-state index contributed by atoms with van der Waals surface area (Å²) in [7, 11) is 0. The van der Waals surface area contributed by atoms with E-state index in [9.17, 15) is 5.11 Å². The van der Waals surface area contributed by atoms with Gasteiger partial charge in [0.1, 0.15) is 0 Å². The summed E-state index contributed by atoms with van der Waals surface area (Å²) in [5, 5.41) is 21.0. The van der Waals surface area contributed by atoms with E-state index in [2.05, 4.69) is 11.4 Å². The molecule has 0 aromatic rings. The Balaban J connectivity index is 2.17. The predicted octanol–water partition coefficient (Wildman–Crippen LogP) is 0.403. The molecule has 2 N–H and O–H groups in total. The molecule has 3 heteroatoms. The van der Waals surface area contributed by atoms with Crippen molar-refractivity contribution in [1.82, 2.24) is 5.32 Å². The van der Waals surface area contributed by atoms with E-state index in [1.54, 1.807) is 6.92 Å². The van der Waals surface area contributed by atoms with Crippen molar-refractivity contribution in [2.75, 3.05) is 6.54 Å². The highest BCUT2D eigenvalue weighted by atomic mass is 16.3. The highest BCUT2D eigenvalue weighted by Crippen LogP contribution is 2.30. The fraction of sp³-hybridized carbons (Fsp3) is 0.875. The Labute approximate surface area is 67.0 Å². The number of aliphatic hydroxyl groups is 1. The quantitative estimate of drug-likeness (QED) is 0.618. The van der Waals surface area contributed by atoms with Crippen molar-refractivity contribution in [1.29, 1.82) is 5.26 Å². The lowest BCUT2D eigenvalue weighted by Crippen LogP contribution is -2.48. The fourth-order valence-corrected chi connectivity index (χ4v) is 1.15. The molecule has 1 aliphatic rings. The largest absolute Gasteiger partial charge is 0.389 e. The van der Waals surface area contributed by atoms with Gasteiger partial charge < -0.3 is 5.11 Å². The highest BCUT2D eigenvalue weighted by Gasteiger charge is 2.33. The molecule has 0 bridgehead atoms. The third-order valence-electron chi connectivity index (χ3n) is 2.22. The van der Waals surface area contributed by atoms with Crippen molar-refractivity contribution < 1.29 is 5.11 Å². The molecule has 0 aromatic carbocycles. The van der Waals surface area contributed by atoms with E-state index < -0.39 is 5.60 Å². The minimum absolute atomic E-state index is 0.153. The Kier molecular flexibility index (Phi) is 2.48. The molecule has 0 radical (unpaired) electrons. The van der Waals surface area contributed by atoms with Crippen LogP contribution in [0.3, 0.4) is 0 Å². The minimum Gasteiger partial charge on any atom is -0.389 e. The number of rotatable bonds is 3. The Morgan fingerprint density at radius 3 is 2.73 bits per heavy atom. The van der Waals surface area contributed by atoms with Gasteiger partial charge in [0.2, 0.25) is 0 Å². The van der Waals surface area contributed by atoms with E-state index in [1.807, 2.05) is 0 Å². The van der Waals surface area contributed by atoms with Crippen LogP contribution >= 0.6 is 0 Å². The lowest BCUT2D eigenvalue weighted by atomic mass is 9.80. The molecule has 0 heterocycles. The van der Waals surface area contributed by atoms with Crippen LogP contribution in [0.1, 0.15) is 26.2 Å². The summed E-state index contributed by atoms with van der Waals surface area (Å²) < 4.78 is 0. The van der Waals surface area contributed by atoms with Crippen LogP contribution in [0.5, 0.6) is 0 Å². The first-order valence-corrected chi connectivity index (χ1v) is 4.02. The first kappa shape index (κ1) is 8.51. The molecule has 1 atom stereocenters. The van der Waals surface area contributed by atoms with Crippen molar-refractivity contribution in [3.8, 4) is 6.07 Å². The molecule has 62 valence electrons. The van der Waals surface area contributed by atoms with Gasteiger partial charge in [0.05, 0.1) is 17.7 Å². The van der Waals surface area contributed by atoms with E-state index in [1.165, 1.54) is 0 Å². The Bertz CT molecular complexity index is 169. The molecule has 0 aliphatic heterocycles. The molecule has 3 nitrogen and oxygen atoms in total. The van der Waals surface area contributed by atoms with E-state index in [-0.39, 0.29) is 6.04 Å². The number of nitrogens with zero attached hydrogens (tertiary/aromatic N) is 1. The van der Waals surface area contributed by atoms with Crippen LogP contribution in [0, 0.1) is 11.3 Å². The zero-order chi connectivity index (χ0) is 8.32. The maximum atomic E-state index is 9.58. The van der Waals surface area contributed by atoms with Crippen molar-refractivity contribution >= 4 is 0 Å². The zero-order valence-corrected chi connectivity index (χ0v) is 6.80. The van der Waals surface area contributed by atoms with Crippen molar-refractivity contribution in [2.24, 2.45) is 0 Å². The second kappa shape index (κ2) is 3.21. The molecule has 0 aromatic heterocycles.